The predicted molar refractivity (Wildman–Crippen MR) is 87.0 cm³/mol. The maximum Gasteiger partial charge on any atom is 0.229 e. The van der Waals surface area contributed by atoms with Gasteiger partial charge in [0, 0.05) is 25.7 Å². The minimum atomic E-state index is 0.231. The van der Waals surface area contributed by atoms with E-state index in [1.165, 1.54) is 13.0 Å². The quantitative estimate of drug-likeness (QED) is 0.807. The van der Waals surface area contributed by atoms with E-state index in [-0.39, 0.29) is 5.28 Å². The Hall–Kier alpha value is -1.14. The molecule has 6 nitrogen and oxygen atoms in total. The molecule has 1 aliphatic heterocycles. The first-order valence-corrected chi connectivity index (χ1v) is 8.23. The zero-order valence-corrected chi connectivity index (χ0v) is 13.7. The van der Waals surface area contributed by atoms with E-state index in [4.69, 9.17) is 11.6 Å². The fourth-order valence-electron chi connectivity index (χ4n) is 2.53. The Bertz CT molecular complexity index is 433. The van der Waals surface area contributed by atoms with Crippen LogP contribution >= 0.6 is 11.6 Å². The molecule has 0 saturated carbocycles. The molecule has 0 aromatic carbocycles. The van der Waals surface area contributed by atoms with Gasteiger partial charge in [0.25, 0.3) is 0 Å². The number of anilines is 2. The zero-order valence-electron chi connectivity index (χ0n) is 12.9. The van der Waals surface area contributed by atoms with E-state index in [0.717, 1.165) is 38.9 Å². The summed E-state index contributed by atoms with van der Waals surface area (Å²) < 4.78 is 0. The Kier molecular flexibility index (Phi) is 6.45. The molecule has 2 heterocycles. The molecule has 0 bridgehead atoms. The molecule has 1 aromatic heterocycles. The van der Waals surface area contributed by atoms with Gasteiger partial charge in [0.1, 0.15) is 0 Å². The molecule has 1 fully saturated rings. The van der Waals surface area contributed by atoms with Crippen molar-refractivity contribution in [2.45, 2.75) is 45.6 Å². The summed E-state index contributed by atoms with van der Waals surface area (Å²) in [7, 11) is 0. The van der Waals surface area contributed by atoms with Crippen molar-refractivity contribution in [2.24, 2.45) is 0 Å². The Labute approximate surface area is 131 Å². The second-order valence-electron chi connectivity index (χ2n) is 5.44. The van der Waals surface area contributed by atoms with Crippen LogP contribution in [0.4, 0.5) is 11.9 Å². The van der Waals surface area contributed by atoms with E-state index in [9.17, 15) is 0 Å². The average molecular weight is 313 g/mol. The highest BCUT2D eigenvalue weighted by atomic mass is 35.5. The van der Waals surface area contributed by atoms with Crippen LogP contribution in [0.2, 0.25) is 5.28 Å². The monoisotopic (exact) mass is 312 g/mol. The minimum absolute atomic E-state index is 0.231. The lowest BCUT2D eigenvalue weighted by atomic mass is 10.1. The highest BCUT2D eigenvalue weighted by Gasteiger charge is 2.19. The van der Waals surface area contributed by atoms with Gasteiger partial charge >= 0.3 is 0 Å². The number of aromatic nitrogens is 3. The third-order valence-corrected chi connectivity index (χ3v) is 3.77. The number of piperidine rings is 1. The van der Waals surface area contributed by atoms with E-state index < -0.39 is 0 Å². The molecule has 0 aliphatic carbocycles. The Morgan fingerprint density at radius 2 is 1.81 bits per heavy atom. The zero-order chi connectivity index (χ0) is 15.1. The summed E-state index contributed by atoms with van der Waals surface area (Å²) in [6.45, 7) is 8.60. The molecule has 7 heteroatoms. The SMILES string of the molecule is CCCNc1nc(Cl)nc(NC2CCN(CCC)CC2)n1. The second-order valence-corrected chi connectivity index (χ2v) is 5.78. The highest BCUT2D eigenvalue weighted by Crippen LogP contribution is 2.16. The number of nitrogens with zero attached hydrogens (tertiary/aromatic N) is 4. The van der Waals surface area contributed by atoms with Crippen molar-refractivity contribution < 1.29 is 0 Å². The van der Waals surface area contributed by atoms with Gasteiger partial charge < -0.3 is 15.5 Å². The van der Waals surface area contributed by atoms with Crippen molar-refractivity contribution in [1.29, 1.82) is 0 Å². The van der Waals surface area contributed by atoms with E-state index in [1.54, 1.807) is 0 Å². The van der Waals surface area contributed by atoms with Crippen LogP contribution in [-0.4, -0.2) is 52.1 Å². The number of rotatable bonds is 7. The summed E-state index contributed by atoms with van der Waals surface area (Å²) in [5.74, 6) is 1.12. The Balaban J connectivity index is 1.89. The van der Waals surface area contributed by atoms with Crippen molar-refractivity contribution in [3.63, 3.8) is 0 Å². The number of hydrogen-bond donors (Lipinski definition) is 2. The molecular formula is C14H25ClN6. The molecule has 0 amide bonds. The highest BCUT2D eigenvalue weighted by molar-refractivity contribution is 6.28. The molecule has 21 heavy (non-hydrogen) atoms. The summed E-state index contributed by atoms with van der Waals surface area (Å²) in [5, 5.41) is 6.76. The fourth-order valence-corrected chi connectivity index (χ4v) is 2.69. The molecule has 118 valence electrons. The molecule has 1 saturated heterocycles. The number of halogens is 1. The predicted octanol–water partition coefficient (Wildman–Crippen LogP) is 2.63. The van der Waals surface area contributed by atoms with E-state index >= 15 is 0 Å². The van der Waals surface area contributed by atoms with Crippen LogP contribution in [-0.2, 0) is 0 Å². The summed E-state index contributed by atoms with van der Waals surface area (Å²) >= 11 is 5.96. The number of nitrogens with one attached hydrogen (secondary N) is 2. The van der Waals surface area contributed by atoms with Crippen LogP contribution in [0.3, 0.4) is 0 Å². The fraction of sp³-hybridized carbons (Fsp3) is 0.786. The first kappa shape index (κ1) is 16.2. The van der Waals surface area contributed by atoms with Crippen LogP contribution in [0.5, 0.6) is 0 Å². The molecule has 0 unspecified atom stereocenters. The third-order valence-electron chi connectivity index (χ3n) is 3.60. The molecule has 1 aromatic rings. The van der Waals surface area contributed by atoms with Crippen LogP contribution in [0, 0.1) is 0 Å². The minimum Gasteiger partial charge on any atom is -0.354 e. The normalized spacial score (nSPS) is 16.9. The molecule has 2 N–H and O–H groups in total. The van der Waals surface area contributed by atoms with E-state index in [2.05, 4.69) is 44.3 Å². The van der Waals surface area contributed by atoms with E-state index in [0.29, 0.717) is 17.9 Å². The topological polar surface area (TPSA) is 66.0 Å². The standard InChI is InChI=1S/C14H25ClN6/c1-3-7-16-13-18-12(15)19-14(20-13)17-11-5-9-21(8-4-2)10-6-11/h11H,3-10H2,1-2H3,(H2,16,17,18,19,20). The molecule has 0 spiro atoms. The van der Waals surface area contributed by atoms with E-state index in [1.807, 2.05) is 0 Å². The van der Waals surface area contributed by atoms with Gasteiger partial charge in [-0.05, 0) is 43.8 Å². The third kappa shape index (κ3) is 5.28. The van der Waals surface area contributed by atoms with Gasteiger partial charge in [0.15, 0.2) is 0 Å². The van der Waals surface area contributed by atoms with Crippen molar-refractivity contribution >= 4 is 23.5 Å². The van der Waals surface area contributed by atoms with Crippen LogP contribution in [0.1, 0.15) is 39.5 Å². The number of hydrogen-bond acceptors (Lipinski definition) is 6. The second kappa shape index (κ2) is 8.34. The first-order chi connectivity index (χ1) is 10.2. The van der Waals surface area contributed by atoms with Crippen molar-refractivity contribution in [1.82, 2.24) is 19.9 Å². The van der Waals surface area contributed by atoms with Gasteiger partial charge in [-0.3, -0.25) is 0 Å². The smallest absolute Gasteiger partial charge is 0.229 e. The van der Waals surface area contributed by atoms with Gasteiger partial charge in [-0.15, -0.1) is 0 Å². The Morgan fingerprint density at radius 1 is 1.10 bits per heavy atom. The largest absolute Gasteiger partial charge is 0.354 e. The number of likely N-dealkylation sites (tertiary alicyclic amines) is 1. The molecule has 2 rings (SSSR count). The summed E-state index contributed by atoms with van der Waals surface area (Å²) in [4.78, 5) is 15.1. The van der Waals surface area contributed by atoms with Crippen LogP contribution in [0.25, 0.3) is 0 Å². The van der Waals surface area contributed by atoms with Gasteiger partial charge in [-0.25, -0.2) is 0 Å². The maximum absolute atomic E-state index is 5.96. The molecule has 1 aliphatic rings. The summed E-state index contributed by atoms with van der Waals surface area (Å²) in [5.41, 5.74) is 0. The van der Waals surface area contributed by atoms with Crippen molar-refractivity contribution in [2.75, 3.05) is 36.8 Å². The average Bonchev–Trinajstić information content (AvgIpc) is 2.47. The summed E-state index contributed by atoms with van der Waals surface area (Å²) in [6.07, 6.45) is 4.46. The van der Waals surface area contributed by atoms with Gasteiger partial charge in [0.2, 0.25) is 17.2 Å². The van der Waals surface area contributed by atoms with Crippen LogP contribution in [0.15, 0.2) is 0 Å². The lowest BCUT2D eigenvalue weighted by Crippen LogP contribution is -2.39. The summed E-state index contributed by atoms with van der Waals surface area (Å²) in [6, 6.07) is 0.413. The first-order valence-electron chi connectivity index (χ1n) is 7.85. The lowest BCUT2D eigenvalue weighted by molar-refractivity contribution is 0.219. The molecular weight excluding hydrogens is 288 g/mol. The Morgan fingerprint density at radius 3 is 2.48 bits per heavy atom. The van der Waals surface area contributed by atoms with Crippen molar-refractivity contribution in [3.05, 3.63) is 5.28 Å². The lowest BCUT2D eigenvalue weighted by Gasteiger charge is -2.32. The van der Waals surface area contributed by atoms with Crippen molar-refractivity contribution in [3.8, 4) is 0 Å². The van der Waals surface area contributed by atoms with Gasteiger partial charge in [0.05, 0.1) is 0 Å². The van der Waals surface area contributed by atoms with Crippen LogP contribution < -0.4 is 10.6 Å². The van der Waals surface area contributed by atoms with Gasteiger partial charge in [-0.1, -0.05) is 13.8 Å². The molecule has 0 atom stereocenters. The van der Waals surface area contributed by atoms with Gasteiger partial charge in [-0.2, -0.15) is 15.0 Å². The maximum atomic E-state index is 5.96. The molecule has 0 radical (unpaired) electrons.